The molecule has 0 saturated carbocycles. The lowest BCUT2D eigenvalue weighted by Gasteiger charge is -2.04. The number of aromatic nitrogens is 1. The van der Waals surface area contributed by atoms with E-state index in [1.807, 2.05) is 25.3 Å². The molecule has 0 spiro atoms. The summed E-state index contributed by atoms with van der Waals surface area (Å²) in [4.78, 5) is 4.10. The predicted molar refractivity (Wildman–Crippen MR) is 62.6 cm³/mol. The third-order valence-electron chi connectivity index (χ3n) is 2.47. The van der Waals surface area contributed by atoms with E-state index in [9.17, 15) is 0 Å². The van der Waals surface area contributed by atoms with E-state index in [0.29, 0.717) is 0 Å². The summed E-state index contributed by atoms with van der Waals surface area (Å²) in [5, 5.41) is 0. The highest BCUT2D eigenvalue weighted by Crippen LogP contribution is 2.15. The molecule has 0 saturated heterocycles. The molecule has 0 aliphatic heterocycles. The van der Waals surface area contributed by atoms with Crippen molar-refractivity contribution < 1.29 is 0 Å². The van der Waals surface area contributed by atoms with Gasteiger partial charge in [0.05, 0.1) is 0 Å². The Hall–Kier alpha value is -1.83. The van der Waals surface area contributed by atoms with Gasteiger partial charge in [0.2, 0.25) is 0 Å². The quantitative estimate of drug-likeness (QED) is 0.753. The molecule has 0 atom stereocenters. The molecule has 2 N–H and O–H groups in total. The molecule has 0 aliphatic carbocycles. The molecule has 76 valence electrons. The van der Waals surface area contributed by atoms with Crippen LogP contribution in [0.4, 0.5) is 5.69 Å². The van der Waals surface area contributed by atoms with Gasteiger partial charge in [0.1, 0.15) is 0 Å². The zero-order chi connectivity index (χ0) is 10.7. The maximum atomic E-state index is 5.77. The van der Waals surface area contributed by atoms with Gasteiger partial charge in [-0.05, 0) is 42.2 Å². The van der Waals surface area contributed by atoms with Gasteiger partial charge in [-0.2, -0.15) is 0 Å². The molecule has 2 aromatic rings. The summed E-state index contributed by atoms with van der Waals surface area (Å²) in [6.45, 7) is 2.03. The van der Waals surface area contributed by atoms with Crippen LogP contribution in [-0.2, 0) is 6.42 Å². The van der Waals surface area contributed by atoms with Gasteiger partial charge >= 0.3 is 0 Å². The maximum absolute atomic E-state index is 5.77. The number of benzene rings is 1. The topological polar surface area (TPSA) is 38.9 Å². The van der Waals surface area contributed by atoms with Crippen LogP contribution in [0.1, 0.15) is 16.7 Å². The van der Waals surface area contributed by atoms with E-state index in [1.165, 1.54) is 11.1 Å². The first-order valence-corrected chi connectivity index (χ1v) is 4.99. The van der Waals surface area contributed by atoms with E-state index in [2.05, 4.69) is 23.2 Å². The van der Waals surface area contributed by atoms with Crippen molar-refractivity contribution in [2.24, 2.45) is 0 Å². The molecule has 0 unspecified atom stereocenters. The number of anilines is 1. The molecule has 2 nitrogen and oxygen atoms in total. The number of pyridine rings is 1. The van der Waals surface area contributed by atoms with Crippen molar-refractivity contribution in [3.8, 4) is 0 Å². The summed E-state index contributed by atoms with van der Waals surface area (Å²) in [7, 11) is 0. The minimum atomic E-state index is 0.852. The Kier molecular flexibility index (Phi) is 2.68. The van der Waals surface area contributed by atoms with Gasteiger partial charge in [-0.25, -0.2) is 0 Å². The predicted octanol–water partition coefficient (Wildman–Crippen LogP) is 2.56. The Morgan fingerprint density at radius 2 is 2.07 bits per heavy atom. The van der Waals surface area contributed by atoms with Gasteiger partial charge in [-0.3, -0.25) is 4.98 Å². The molecule has 2 heteroatoms. The standard InChI is InChI=1S/C13H14N2/c1-10-7-11(4-5-13(10)14)8-12-3-2-6-15-9-12/h2-7,9H,8,14H2,1H3. The van der Waals surface area contributed by atoms with Crippen molar-refractivity contribution in [1.29, 1.82) is 0 Å². The number of hydrogen-bond donors (Lipinski definition) is 1. The fourth-order valence-corrected chi connectivity index (χ4v) is 1.59. The maximum Gasteiger partial charge on any atom is 0.0343 e. The number of hydrogen-bond acceptors (Lipinski definition) is 2. The van der Waals surface area contributed by atoms with Gasteiger partial charge in [-0.15, -0.1) is 0 Å². The van der Waals surface area contributed by atoms with E-state index in [-0.39, 0.29) is 0 Å². The first-order chi connectivity index (χ1) is 7.25. The zero-order valence-corrected chi connectivity index (χ0v) is 8.77. The number of nitrogens with two attached hydrogens (primary N) is 1. The Morgan fingerprint density at radius 1 is 1.20 bits per heavy atom. The van der Waals surface area contributed by atoms with Gasteiger partial charge in [0.15, 0.2) is 0 Å². The zero-order valence-electron chi connectivity index (χ0n) is 8.77. The molecule has 0 fully saturated rings. The van der Waals surface area contributed by atoms with Crippen molar-refractivity contribution in [2.75, 3.05) is 5.73 Å². The minimum absolute atomic E-state index is 0.852. The largest absolute Gasteiger partial charge is 0.399 e. The van der Waals surface area contributed by atoms with Crippen LogP contribution in [0.3, 0.4) is 0 Å². The molecular formula is C13H14N2. The summed E-state index contributed by atoms with van der Waals surface area (Å²) in [5.74, 6) is 0. The van der Waals surface area contributed by atoms with Crippen LogP contribution < -0.4 is 5.73 Å². The first-order valence-electron chi connectivity index (χ1n) is 4.99. The molecule has 0 radical (unpaired) electrons. The number of nitrogens with zero attached hydrogens (tertiary/aromatic N) is 1. The van der Waals surface area contributed by atoms with Crippen molar-refractivity contribution >= 4 is 5.69 Å². The lowest BCUT2D eigenvalue weighted by atomic mass is 10.0. The average molecular weight is 198 g/mol. The Labute approximate surface area is 89.8 Å². The Balaban J connectivity index is 2.22. The van der Waals surface area contributed by atoms with Crippen LogP contribution in [0.5, 0.6) is 0 Å². The Morgan fingerprint density at radius 3 is 2.73 bits per heavy atom. The fourth-order valence-electron chi connectivity index (χ4n) is 1.59. The van der Waals surface area contributed by atoms with Crippen LogP contribution >= 0.6 is 0 Å². The highest BCUT2D eigenvalue weighted by molar-refractivity contribution is 5.48. The van der Waals surface area contributed by atoms with Gasteiger partial charge in [0.25, 0.3) is 0 Å². The minimum Gasteiger partial charge on any atom is -0.399 e. The van der Waals surface area contributed by atoms with Crippen molar-refractivity contribution in [1.82, 2.24) is 4.98 Å². The summed E-state index contributed by atoms with van der Waals surface area (Å²) < 4.78 is 0. The van der Waals surface area contributed by atoms with Crippen molar-refractivity contribution in [3.63, 3.8) is 0 Å². The average Bonchev–Trinajstić information content (AvgIpc) is 2.25. The number of rotatable bonds is 2. The Bertz CT molecular complexity index is 449. The molecular weight excluding hydrogens is 184 g/mol. The summed E-state index contributed by atoms with van der Waals surface area (Å²) in [5.41, 5.74) is 10.3. The third-order valence-corrected chi connectivity index (χ3v) is 2.47. The molecule has 0 amide bonds. The molecule has 0 bridgehead atoms. The number of nitrogen functional groups attached to an aromatic ring is 1. The lowest BCUT2D eigenvalue weighted by molar-refractivity contribution is 1.14. The van der Waals surface area contributed by atoms with E-state index >= 15 is 0 Å². The molecule has 0 aliphatic rings. The van der Waals surface area contributed by atoms with Crippen molar-refractivity contribution in [2.45, 2.75) is 13.3 Å². The molecule has 2 rings (SSSR count). The molecule has 1 heterocycles. The van der Waals surface area contributed by atoms with E-state index in [0.717, 1.165) is 17.7 Å². The lowest BCUT2D eigenvalue weighted by Crippen LogP contribution is -1.93. The number of aryl methyl sites for hydroxylation is 1. The first kappa shape index (κ1) is 9.71. The highest BCUT2D eigenvalue weighted by atomic mass is 14.6. The molecule has 15 heavy (non-hydrogen) atoms. The van der Waals surface area contributed by atoms with Gasteiger partial charge in [-0.1, -0.05) is 18.2 Å². The van der Waals surface area contributed by atoms with Crippen LogP contribution in [0.15, 0.2) is 42.7 Å². The van der Waals surface area contributed by atoms with Gasteiger partial charge < -0.3 is 5.73 Å². The summed E-state index contributed by atoms with van der Waals surface area (Å²) in [6, 6.07) is 10.2. The molecule has 1 aromatic heterocycles. The normalized spacial score (nSPS) is 10.2. The molecule has 1 aromatic carbocycles. The second-order valence-electron chi connectivity index (χ2n) is 3.73. The SMILES string of the molecule is Cc1cc(Cc2cccnc2)ccc1N. The van der Waals surface area contributed by atoms with Crippen LogP contribution in [0, 0.1) is 6.92 Å². The third kappa shape index (κ3) is 2.34. The monoisotopic (exact) mass is 198 g/mol. The van der Waals surface area contributed by atoms with Crippen LogP contribution in [-0.4, -0.2) is 4.98 Å². The second-order valence-corrected chi connectivity index (χ2v) is 3.73. The summed E-state index contributed by atoms with van der Waals surface area (Å²) in [6.07, 6.45) is 4.60. The smallest absolute Gasteiger partial charge is 0.0343 e. The second kappa shape index (κ2) is 4.13. The van der Waals surface area contributed by atoms with Gasteiger partial charge in [0, 0.05) is 18.1 Å². The highest BCUT2D eigenvalue weighted by Gasteiger charge is 1.98. The van der Waals surface area contributed by atoms with E-state index < -0.39 is 0 Å². The fraction of sp³-hybridized carbons (Fsp3) is 0.154. The van der Waals surface area contributed by atoms with E-state index in [1.54, 1.807) is 6.20 Å². The summed E-state index contributed by atoms with van der Waals surface area (Å²) >= 11 is 0. The van der Waals surface area contributed by atoms with Crippen LogP contribution in [0.25, 0.3) is 0 Å². The van der Waals surface area contributed by atoms with Crippen LogP contribution in [0.2, 0.25) is 0 Å². The van der Waals surface area contributed by atoms with Crippen molar-refractivity contribution in [3.05, 3.63) is 59.4 Å². The van der Waals surface area contributed by atoms with E-state index in [4.69, 9.17) is 5.73 Å².